The molecule has 0 N–H and O–H groups in total. The molecule has 2 aromatic heterocycles. The van der Waals surface area contributed by atoms with Crippen LogP contribution in [0.15, 0.2) is 176 Å². The second-order valence-corrected chi connectivity index (χ2v) is 12.9. The van der Waals surface area contributed by atoms with E-state index >= 15 is 0 Å². The van der Waals surface area contributed by atoms with E-state index in [9.17, 15) is 5.26 Å². The van der Waals surface area contributed by atoms with Crippen LogP contribution in [0, 0.1) is 11.3 Å². The minimum Gasteiger partial charge on any atom is -0.309 e. The largest absolute Gasteiger partial charge is 0.309 e. The van der Waals surface area contributed by atoms with E-state index in [1.54, 1.807) is 0 Å². The molecule has 0 radical (unpaired) electrons. The molecule has 0 spiro atoms. The maximum atomic E-state index is 9.36. The van der Waals surface area contributed by atoms with Crippen molar-refractivity contribution in [2.75, 3.05) is 0 Å². The standard InChI is InChI=1S/C47H29N3/c48-30-31-13-22-38(23-14-31)49-44-11-5-3-9-40(44)42-25-20-37(29-47(42)49)34-17-15-33(16-18-34)36-21-26-46-43(28-36)41-10-4-6-12-45(41)50(46)39-24-19-32-7-1-2-8-35(32)27-39/h1-29H. The van der Waals surface area contributed by atoms with Crippen LogP contribution in [0.2, 0.25) is 0 Å². The van der Waals surface area contributed by atoms with Crippen molar-refractivity contribution in [3.8, 4) is 39.7 Å². The lowest BCUT2D eigenvalue weighted by Crippen LogP contribution is -1.94. The molecule has 0 unspecified atom stereocenters. The Bertz CT molecular complexity index is 2970. The highest BCUT2D eigenvalue weighted by molar-refractivity contribution is 6.11. The highest BCUT2D eigenvalue weighted by atomic mass is 15.0. The summed E-state index contributed by atoms with van der Waals surface area (Å²) >= 11 is 0. The van der Waals surface area contributed by atoms with Crippen LogP contribution in [0.3, 0.4) is 0 Å². The number of para-hydroxylation sites is 2. The summed E-state index contributed by atoms with van der Waals surface area (Å²) in [5.74, 6) is 0. The molecule has 2 heterocycles. The van der Waals surface area contributed by atoms with Crippen LogP contribution in [0.25, 0.3) is 88.0 Å². The van der Waals surface area contributed by atoms with Crippen molar-refractivity contribution in [2.24, 2.45) is 0 Å². The topological polar surface area (TPSA) is 33.6 Å². The first-order chi connectivity index (χ1) is 24.7. The Morgan fingerprint density at radius 2 is 0.860 bits per heavy atom. The Morgan fingerprint density at radius 3 is 1.58 bits per heavy atom. The predicted molar refractivity (Wildman–Crippen MR) is 208 cm³/mol. The van der Waals surface area contributed by atoms with Crippen molar-refractivity contribution in [3.63, 3.8) is 0 Å². The first-order valence-corrected chi connectivity index (χ1v) is 16.9. The number of aromatic nitrogens is 2. The lowest BCUT2D eigenvalue weighted by molar-refractivity contribution is 1.18. The molecule has 8 aromatic carbocycles. The van der Waals surface area contributed by atoms with Gasteiger partial charge in [-0.1, -0.05) is 109 Å². The summed E-state index contributed by atoms with van der Waals surface area (Å²) in [6.07, 6.45) is 0. The van der Waals surface area contributed by atoms with Crippen molar-refractivity contribution in [1.82, 2.24) is 9.13 Å². The van der Waals surface area contributed by atoms with Crippen LogP contribution in [0.4, 0.5) is 0 Å². The Balaban J connectivity index is 1.05. The van der Waals surface area contributed by atoms with Crippen LogP contribution >= 0.6 is 0 Å². The third-order valence-corrected chi connectivity index (χ3v) is 10.1. The molecule has 0 saturated heterocycles. The minimum absolute atomic E-state index is 0.658. The molecule has 10 rings (SSSR count). The monoisotopic (exact) mass is 635 g/mol. The first kappa shape index (κ1) is 28.2. The van der Waals surface area contributed by atoms with Crippen LogP contribution in [0.5, 0.6) is 0 Å². The van der Waals surface area contributed by atoms with Gasteiger partial charge in [0.15, 0.2) is 0 Å². The number of nitrogens with zero attached hydrogens (tertiary/aromatic N) is 3. The number of hydrogen-bond acceptors (Lipinski definition) is 1. The van der Waals surface area contributed by atoms with Crippen molar-refractivity contribution in [2.45, 2.75) is 0 Å². The highest BCUT2D eigenvalue weighted by Crippen LogP contribution is 2.38. The van der Waals surface area contributed by atoms with Gasteiger partial charge in [0.1, 0.15) is 0 Å². The quantitative estimate of drug-likeness (QED) is 0.189. The van der Waals surface area contributed by atoms with Crippen LogP contribution in [-0.2, 0) is 0 Å². The predicted octanol–water partition coefficient (Wildman–Crippen LogP) is 12.2. The molecule has 0 bridgehead atoms. The second-order valence-electron chi connectivity index (χ2n) is 12.9. The molecule has 0 aliphatic heterocycles. The van der Waals surface area contributed by atoms with Gasteiger partial charge in [-0.2, -0.15) is 5.26 Å². The first-order valence-electron chi connectivity index (χ1n) is 16.9. The molecular weight excluding hydrogens is 607 g/mol. The molecule has 0 aliphatic carbocycles. The van der Waals surface area contributed by atoms with Gasteiger partial charge in [-0.25, -0.2) is 0 Å². The number of hydrogen-bond donors (Lipinski definition) is 0. The van der Waals surface area contributed by atoms with E-state index in [4.69, 9.17) is 0 Å². The van der Waals surface area contributed by atoms with Gasteiger partial charge in [0.05, 0.1) is 33.7 Å². The van der Waals surface area contributed by atoms with Crippen molar-refractivity contribution in [1.29, 1.82) is 5.26 Å². The fraction of sp³-hybridized carbons (Fsp3) is 0. The molecule has 10 aromatic rings. The maximum Gasteiger partial charge on any atom is 0.0991 e. The van der Waals surface area contributed by atoms with Crippen LogP contribution in [-0.4, -0.2) is 9.13 Å². The molecule has 50 heavy (non-hydrogen) atoms. The average molecular weight is 636 g/mol. The lowest BCUT2D eigenvalue weighted by Gasteiger charge is -2.10. The summed E-state index contributed by atoms with van der Waals surface area (Å²) in [5.41, 5.74) is 12.3. The van der Waals surface area contributed by atoms with Crippen LogP contribution in [0.1, 0.15) is 5.56 Å². The average Bonchev–Trinajstić information content (AvgIpc) is 3.70. The third kappa shape index (κ3) is 4.36. The summed E-state index contributed by atoms with van der Waals surface area (Å²) in [7, 11) is 0. The summed E-state index contributed by atoms with van der Waals surface area (Å²) in [6, 6.07) is 65.1. The smallest absolute Gasteiger partial charge is 0.0991 e. The van der Waals surface area contributed by atoms with Crippen molar-refractivity contribution in [3.05, 3.63) is 181 Å². The molecule has 0 fully saturated rings. The van der Waals surface area contributed by atoms with E-state index in [0.717, 1.165) is 22.3 Å². The fourth-order valence-corrected chi connectivity index (χ4v) is 7.71. The molecule has 0 saturated carbocycles. The van der Waals surface area contributed by atoms with Gasteiger partial charge in [-0.3, -0.25) is 0 Å². The molecule has 0 atom stereocenters. The molecule has 232 valence electrons. The minimum atomic E-state index is 0.658. The van der Waals surface area contributed by atoms with E-state index < -0.39 is 0 Å². The molecule has 3 nitrogen and oxygen atoms in total. The summed E-state index contributed by atoms with van der Waals surface area (Å²) in [6.45, 7) is 0. The molecule has 3 heteroatoms. The van der Waals surface area contributed by atoms with E-state index in [2.05, 4.69) is 167 Å². The Morgan fingerprint density at radius 1 is 0.340 bits per heavy atom. The van der Waals surface area contributed by atoms with Gasteiger partial charge in [-0.15, -0.1) is 0 Å². The van der Waals surface area contributed by atoms with Gasteiger partial charge in [0.25, 0.3) is 0 Å². The Hall–Kier alpha value is -6.89. The molecule has 0 amide bonds. The third-order valence-electron chi connectivity index (χ3n) is 10.1. The lowest BCUT2D eigenvalue weighted by atomic mass is 9.98. The van der Waals surface area contributed by atoms with Gasteiger partial charge in [0.2, 0.25) is 0 Å². The van der Waals surface area contributed by atoms with E-state index in [1.807, 2.05) is 24.3 Å². The van der Waals surface area contributed by atoms with Gasteiger partial charge in [0, 0.05) is 32.9 Å². The van der Waals surface area contributed by atoms with E-state index in [-0.39, 0.29) is 0 Å². The summed E-state index contributed by atoms with van der Waals surface area (Å²) in [4.78, 5) is 0. The van der Waals surface area contributed by atoms with Gasteiger partial charge in [-0.05, 0) is 99.8 Å². The maximum absolute atomic E-state index is 9.36. The number of fused-ring (bicyclic) bond motifs is 7. The fourth-order valence-electron chi connectivity index (χ4n) is 7.71. The normalized spacial score (nSPS) is 11.6. The zero-order valence-corrected chi connectivity index (χ0v) is 27.1. The van der Waals surface area contributed by atoms with E-state index in [0.29, 0.717) is 5.56 Å². The zero-order valence-electron chi connectivity index (χ0n) is 27.1. The van der Waals surface area contributed by atoms with Crippen molar-refractivity contribution >= 4 is 54.4 Å². The summed E-state index contributed by atoms with van der Waals surface area (Å²) < 4.78 is 4.69. The van der Waals surface area contributed by atoms with E-state index in [1.165, 1.54) is 65.7 Å². The molecular formula is C47H29N3. The zero-order chi connectivity index (χ0) is 33.2. The Labute approximate surface area is 289 Å². The summed E-state index contributed by atoms with van der Waals surface area (Å²) in [5, 5.41) is 16.8. The second kappa shape index (κ2) is 11.1. The molecule has 0 aliphatic rings. The SMILES string of the molecule is N#Cc1ccc(-n2c3ccccc3c3ccc(-c4ccc(-c5ccc6c(c5)c5ccccc5n6-c5ccc6ccccc6c5)cc4)cc32)cc1. The number of benzene rings is 8. The Kier molecular flexibility index (Phi) is 6.24. The van der Waals surface area contributed by atoms with Crippen LogP contribution < -0.4 is 0 Å². The highest BCUT2D eigenvalue weighted by Gasteiger charge is 2.15. The van der Waals surface area contributed by atoms with Gasteiger partial charge >= 0.3 is 0 Å². The number of rotatable bonds is 4. The number of nitriles is 1. The van der Waals surface area contributed by atoms with Crippen molar-refractivity contribution < 1.29 is 0 Å². The van der Waals surface area contributed by atoms with Gasteiger partial charge < -0.3 is 9.13 Å².